The van der Waals surface area contributed by atoms with Crippen LogP contribution in [0.1, 0.15) is 56.0 Å². The highest BCUT2D eigenvalue weighted by molar-refractivity contribution is 5.92. The molecule has 0 saturated carbocycles. The normalized spacial score (nSPS) is 10.2. The van der Waals surface area contributed by atoms with E-state index in [4.69, 9.17) is 18.9 Å². The number of benzene rings is 2. The summed E-state index contributed by atoms with van der Waals surface area (Å²) in [6.07, 6.45) is -0.00125. The summed E-state index contributed by atoms with van der Waals surface area (Å²) in [7, 11) is 0. The summed E-state index contributed by atoms with van der Waals surface area (Å²) in [5.74, 6) is -4.21. The standard InChI is InChI=1S/C23H23FO8/c1-4-19(25)30-17-11-15(23(28)29-13-14-8-7-9-16(24)10-14)12-18(31-20(26)5-2)22(17)32-21(27)6-3/h7-12H,4-6,13H2,1-3H3. The summed E-state index contributed by atoms with van der Waals surface area (Å²) in [5, 5.41) is 0. The second-order valence-corrected chi connectivity index (χ2v) is 6.49. The van der Waals surface area contributed by atoms with Gasteiger partial charge in [-0.2, -0.15) is 0 Å². The summed E-state index contributed by atoms with van der Waals surface area (Å²) in [6, 6.07) is 7.80. The van der Waals surface area contributed by atoms with E-state index in [1.807, 2.05) is 0 Å². The first-order chi connectivity index (χ1) is 15.3. The Morgan fingerprint density at radius 3 is 1.81 bits per heavy atom. The van der Waals surface area contributed by atoms with Gasteiger partial charge in [0.15, 0.2) is 11.5 Å². The predicted octanol–water partition coefficient (Wildman–Crippen LogP) is 4.13. The average molecular weight is 446 g/mol. The van der Waals surface area contributed by atoms with Crippen LogP contribution >= 0.6 is 0 Å². The molecule has 0 aromatic heterocycles. The molecule has 9 heteroatoms. The average Bonchev–Trinajstić information content (AvgIpc) is 2.78. The molecule has 0 aliphatic carbocycles. The molecule has 0 fully saturated rings. The summed E-state index contributed by atoms with van der Waals surface area (Å²) in [5.41, 5.74) is 0.289. The number of halogens is 1. The molecule has 0 bridgehead atoms. The Morgan fingerprint density at radius 2 is 1.31 bits per heavy atom. The van der Waals surface area contributed by atoms with Crippen molar-refractivity contribution < 1.29 is 42.5 Å². The predicted molar refractivity (Wildman–Crippen MR) is 110 cm³/mol. The minimum Gasteiger partial charge on any atom is -0.457 e. The molecule has 0 unspecified atom stereocenters. The summed E-state index contributed by atoms with van der Waals surface area (Å²) >= 11 is 0. The number of esters is 4. The topological polar surface area (TPSA) is 105 Å². The number of rotatable bonds is 9. The monoisotopic (exact) mass is 446 g/mol. The van der Waals surface area contributed by atoms with Gasteiger partial charge in [-0.3, -0.25) is 14.4 Å². The highest BCUT2D eigenvalue weighted by Crippen LogP contribution is 2.40. The molecule has 32 heavy (non-hydrogen) atoms. The molecule has 8 nitrogen and oxygen atoms in total. The molecule has 2 aromatic carbocycles. The molecular formula is C23H23FO8. The van der Waals surface area contributed by atoms with Crippen molar-refractivity contribution in [1.82, 2.24) is 0 Å². The SMILES string of the molecule is CCC(=O)Oc1cc(C(=O)OCc2cccc(F)c2)cc(OC(=O)CC)c1OC(=O)CC. The van der Waals surface area contributed by atoms with E-state index in [-0.39, 0.29) is 48.7 Å². The summed E-state index contributed by atoms with van der Waals surface area (Å²) in [4.78, 5) is 48.2. The molecule has 0 amide bonds. The van der Waals surface area contributed by atoms with Crippen LogP contribution in [-0.2, 0) is 25.7 Å². The first-order valence-electron chi connectivity index (χ1n) is 9.98. The Hall–Kier alpha value is -3.75. The van der Waals surface area contributed by atoms with Gasteiger partial charge in [0.25, 0.3) is 0 Å². The lowest BCUT2D eigenvalue weighted by Gasteiger charge is -2.16. The van der Waals surface area contributed by atoms with Crippen LogP contribution in [0, 0.1) is 5.82 Å². The summed E-state index contributed by atoms with van der Waals surface area (Å²) < 4.78 is 34.1. The van der Waals surface area contributed by atoms with Gasteiger partial charge in [-0.15, -0.1) is 0 Å². The number of ether oxygens (including phenoxy) is 4. The van der Waals surface area contributed by atoms with E-state index in [1.165, 1.54) is 18.2 Å². The highest BCUT2D eigenvalue weighted by Gasteiger charge is 2.24. The molecule has 170 valence electrons. The van der Waals surface area contributed by atoms with Gasteiger partial charge in [0.2, 0.25) is 5.75 Å². The maximum atomic E-state index is 13.3. The molecule has 0 atom stereocenters. The lowest BCUT2D eigenvalue weighted by Crippen LogP contribution is -2.15. The number of hydrogen-bond acceptors (Lipinski definition) is 8. The molecular weight excluding hydrogens is 423 g/mol. The van der Waals surface area contributed by atoms with Crippen molar-refractivity contribution in [3.05, 3.63) is 53.3 Å². The Balaban J connectivity index is 2.43. The first kappa shape index (κ1) is 24.5. The number of carbonyl (C=O) groups is 4. The van der Waals surface area contributed by atoms with Crippen LogP contribution in [0.3, 0.4) is 0 Å². The van der Waals surface area contributed by atoms with Crippen molar-refractivity contribution in [3.63, 3.8) is 0 Å². The van der Waals surface area contributed by atoms with Gasteiger partial charge in [-0.25, -0.2) is 9.18 Å². The van der Waals surface area contributed by atoms with Gasteiger partial charge in [0.1, 0.15) is 12.4 Å². The van der Waals surface area contributed by atoms with Crippen LogP contribution in [0.15, 0.2) is 36.4 Å². The first-order valence-corrected chi connectivity index (χ1v) is 9.98. The van der Waals surface area contributed by atoms with E-state index in [9.17, 15) is 23.6 Å². The maximum Gasteiger partial charge on any atom is 0.338 e. The van der Waals surface area contributed by atoms with E-state index >= 15 is 0 Å². The third-order valence-corrected chi connectivity index (χ3v) is 4.04. The molecule has 0 radical (unpaired) electrons. The van der Waals surface area contributed by atoms with E-state index in [1.54, 1.807) is 26.8 Å². The molecule has 0 N–H and O–H groups in total. The Morgan fingerprint density at radius 1 is 0.781 bits per heavy atom. The van der Waals surface area contributed by atoms with Crippen LogP contribution in [0.4, 0.5) is 4.39 Å². The number of carbonyl (C=O) groups excluding carboxylic acids is 4. The van der Waals surface area contributed by atoms with Gasteiger partial charge >= 0.3 is 23.9 Å². The molecule has 0 aliphatic rings. The van der Waals surface area contributed by atoms with Crippen molar-refractivity contribution in [2.75, 3.05) is 0 Å². The third kappa shape index (κ3) is 6.90. The minimum absolute atomic E-state index is 0.000241. The second-order valence-electron chi connectivity index (χ2n) is 6.49. The van der Waals surface area contributed by atoms with Gasteiger partial charge in [0, 0.05) is 19.3 Å². The maximum absolute atomic E-state index is 13.3. The van der Waals surface area contributed by atoms with Crippen molar-refractivity contribution in [3.8, 4) is 17.2 Å². The minimum atomic E-state index is -0.856. The van der Waals surface area contributed by atoms with Crippen molar-refractivity contribution >= 4 is 23.9 Å². The zero-order chi connectivity index (χ0) is 23.7. The fourth-order valence-electron chi connectivity index (χ4n) is 2.38. The zero-order valence-electron chi connectivity index (χ0n) is 17.9. The summed E-state index contributed by atoms with van der Waals surface area (Å²) in [6.45, 7) is 4.43. The zero-order valence-corrected chi connectivity index (χ0v) is 17.9. The van der Waals surface area contributed by atoms with Crippen LogP contribution in [0.5, 0.6) is 17.2 Å². The molecule has 0 spiro atoms. The van der Waals surface area contributed by atoms with E-state index < -0.39 is 29.7 Å². The third-order valence-electron chi connectivity index (χ3n) is 4.04. The fourth-order valence-corrected chi connectivity index (χ4v) is 2.38. The van der Waals surface area contributed by atoms with E-state index in [0.717, 1.165) is 12.1 Å². The van der Waals surface area contributed by atoms with Gasteiger partial charge in [0.05, 0.1) is 5.56 Å². The van der Waals surface area contributed by atoms with Crippen molar-refractivity contribution in [1.29, 1.82) is 0 Å². The Kier molecular flexibility index (Phi) is 8.88. The lowest BCUT2D eigenvalue weighted by atomic mass is 10.1. The molecule has 2 aromatic rings. The van der Waals surface area contributed by atoms with Crippen molar-refractivity contribution in [2.24, 2.45) is 0 Å². The van der Waals surface area contributed by atoms with Crippen LogP contribution in [0.25, 0.3) is 0 Å². The van der Waals surface area contributed by atoms with Crippen LogP contribution < -0.4 is 14.2 Å². The molecule has 2 rings (SSSR count). The van der Waals surface area contributed by atoms with Gasteiger partial charge < -0.3 is 18.9 Å². The Bertz CT molecular complexity index is 976. The van der Waals surface area contributed by atoms with Crippen molar-refractivity contribution in [2.45, 2.75) is 46.6 Å². The lowest BCUT2D eigenvalue weighted by molar-refractivity contribution is -0.137. The second kappa shape index (κ2) is 11.6. The quantitative estimate of drug-likeness (QED) is 0.418. The smallest absolute Gasteiger partial charge is 0.338 e. The van der Waals surface area contributed by atoms with Gasteiger partial charge in [-0.1, -0.05) is 32.9 Å². The molecule has 0 aliphatic heterocycles. The highest BCUT2D eigenvalue weighted by atomic mass is 19.1. The largest absolute Gasteiger partial charge is 0.457 e. The van der Waals surface area contributed by atoms with Crippen LogP contribution in [-0.4, -0.2) is 23.9 Å². The molecule has 0 heterocycles. The van der Waals surface area contributed by atoms with E-state index in [2.05, 4.69) is 0 Å². The molecule has 0 saturated heterocycles. The number of hydrogen-bond donors (Lipinski definition) is 0. The van der Waals surface area contributed by atoms with E-state index in [0.29, 0.717) is 5.56 Å². The fraction of sp³-hybridized carbons (Fsp3) is 0.304. The Labute approximate surface area is 184 Å². The van der Waals surface area contributed by atoms with Gasteiger partial charge in [-0.05, 0) is 29.8 Å². The van der Waals surface area contributed by atoms with Crippen LogP contribution in [0.2, 0.25) is 0 Å².